The number of nitrogens with one attached hydrogen (secondary N) is 1. The van der Waals surface area contributed by atoms with Crippen molar-refractivity contribution >= 4 is 10.0 Å². The van der Waals surface area contributed by atoms with Gasteiger partial charge in [-0.25, -0.2) is 21.5 Å². The Kier molecular flexibility index (Phi) is 5.84. The van der Waals surface area contributed by atoms with E-state index in [0.717, 1.165) is 5.56 Å². The van der Waals surface area contributed by atoms with Crippen molar-refractivity contribution in [3.8, 4) is 0 Å². The summed E-state index contributed by atoms with van der Waals surface area (Å²) in [6.07, 6.45) is -2.47. The second-order valence-corrected chi connectivity index (χ2v) is 6.62. The summed E-state index contributed by atoms with van der Waals surface area (Å²) < 4.78 is 48.8. The Morgan fingerprint density at radius 1 is 1.21 bits per heavy atom. The van der Waals surface area contributed by atoms with Crippen molar-refractivity contribution in [3.63, 3.8) is 0 Å². The smallest absolute Gasteiger partial charge is 0.263 e. The zero-order chi connectivity index (χ0) is 14.5. The van der Waals surface area contributed by atoms with E-state index in [-0.39, 0.29) is 11.3 Å². The largest absolute Gasteiger partial charge is 0.312 e. The molecule has 19 heavy (non-hydrogen) atoms. The van der Waals surface area contributed by atoms with Crippen LogP contribution in [0.25, 0.3) is 0 Å². The lowest BCUT2D eigenvalue weighted by atomic mass is 10.1. The van der Waals surface area contributed by atoms with Gasteiger partial charge in [-0.15, -0.1) is 0 Å². The minimum Gasteiger partial charge on any atom is -0.312 e. The number of nitrogens with zero attached hydrogens (tertiary/aromatic N) is 1. The maximum atomic E-state index is 12.3. The Labute approximate surface area is 112 Å². The predicted molar refractivity (Wildman–Crippen MR) is 70.6 cm³/mol. The fraction of sp³-hybridized carbons (Fsp3) is 0.500. The maximum Gasteiger partial charge on any atom is 0.263 e. The third kappa shape index (κ3) is 5.22. The van der Waals surface area contributed by atoms with Gasteiger partial charge in [0.05, 0.1) is 5.75 Å². The van der Waals surface area contributed by atoms with Crippen LogP contribution in [0.4, 0.5) is 8.78 Å². The molecule has 0 saturated heterocycles. The summed E-state index contributed by atoms with van der Waals surface area (Å²) in [6.45, 7) is 0.767. The first kappa shape index (κ1) is 16.0. The Bertz CT molecular complexity index is 487. The van der Waals surface area contributed by atoms with Crippen molar-refractivity contribution in [2.24, 2.45) is 0 Å². The van der Waals surface area contributed by atoms with E-state index in [4.69, 9.17) is 0 Å². The molecule has 0 aliphatic rings. The summed E-state index contributed by atoms with van der Waals surface area (Å²) in [5.74, 6) is 0.00905. The van der Waals surface area contributed by atoms with Gasteiger partial charge in [-0.2, -0.15) is 0 Å². The quantitative estimate of drug-likeness (QED) is 0.777. The molecule has 1 rings (SSSR count). The van der Waals surface area contributed by atoms with Gasteiger partial charge in [0, 0.05) is 32.7 Å². The normalized spacial score (nSPS) is 12.3. The fourth-order valence-corrected chi connectivity index (χ4v) is 2.16. The van der Waals surface area contributed by atoms with Crippen LogP contribution in [-0.4, -0.2) is 39.1 Å². The highest BCUT2D eigenvalue weighted by Crippen LogP contribution is 2.18. The van der Waals surface area contributed by atoms with Gasteiger partial charge < -0.3 is 5.32 Å². The van der Waals surface area contributed by atoms with E-state index in [2.05, 4.69) is 5.32 Å². The monoisotopic (exact) mass is 292 g/mol. The first-order valence-electron chi connectivity index (χ1n) is 5.81. The van der Waals surface area contributed by atoms with E-state index in [9.17, 15) is 17.2 Å². The highest BCUT2D eigenvalue weighted by molar-refractivity contribution is 7.89. The summed E-state index contributed by atoms with van der Waals surface area (Å²) >= 11 is 0. The molecule has 0 saturated carbocycles. The Hall–Kier alpha value is -1.05. The number of rotatable bonds is 7. The van der Waals surface area contributed by atoms with Crippen molar-refractivity contribution < 1.29 is 17.2 Å². The average Bonchev–Trinajstić information content (AvgIpc) is 2.35. The van der Waals surface area contributed by atoms with Gasteiger partial charge in [-0.05, 0) is 5.56 Å². The number of halogens is 2. The van der Waals surface area contributed by atoms with Crippen LogP contribution in [0.1, 0.15) is 17.6 Å². The minimum atomic E-state index is -3.20. The zero-order valence-electron chi connectivity index (χ0n) is 10.9. The second-order valence-electron chi connectivity index (χ2n) is 4.32. The van der Waals surface area contributed by atoms with Crippen LogP contribution < -0.4 is 5.32 Å². The Balaban J connectivity index is 2.38. The van der Waals surface area contributed by atoms with Gasteiger partial charge >= 0.3 is 0 Å². The van der Waals surface area contributed by atoms with Crippen LogP contribution in [0, 0.1) is 0 Å². The first-order valence-corrected chi connectivity index (χ1v) is 7.42. The van der Waals surface area contributed by atoms with Gasteiger partial charge in [-0.1, -0.05) is 24.3 Å². The molecule has 108 valence electrons. The summed E-state index contributed by atoms with van der Waals surface area (Å²) in [4.78, 5) is 0. The number of benzene rings is 1. The summed E-state index contributed by atoms with van der Waals surface area (Å²) in [5.41, 5.74) is 0.825. The van der Waals surface area contributed by atoms with Gasteiger partial charge in [0.25, 0.3) is 6.43 Å². The van der Waals surface area contributed by atoms with Crippen LogP contribution >= 0.6 is 0 Å². The standard InChI is InChI=1S/C12H18F2N2O2S/c1-16(2)19(17,18)8-7-15-9-10-3-5-11(6-4-10)12(13)14/h3-6,12,15H,7-9H2,1-2H3. The topological polar surface area (TPSA) is 49.4 Å². The summed E-state index contributed by atoms with van der Waals surface area (Å²) in [6, 6.07) is 5.96. The van der Waals surface area contributed by atoms with Crippen molar-refractivity contribution in [2.75, 3.05) is 26.4 Å². The molecule has 4 nitrogen and oxygen atoms in total. The number of sulfonamides is 1. The molecule has 7 heteroatoms. The van der Waals surface area contributed by atoms with Crippen LogP contribution in [0.2, 0.25) is 0 Å². The molecular formula is C12H18F2N2O2S. The van der Waals surface area contributed by atoms with Crippen LogP contribution in [0.5, 0.6) is 0 Å². The van der Waals surface area contributed by atoms with E-state index < -0.39 is 16.4 Å². The van der Waals surface area contributed by atoms with E-state index in [1.165, 1.54) is 30.5 Å². The molecule has 0 radical (unpaired) electrons. The van der Waals surface area contributed by atoms with Gasteiger partial charge in [-0.3, -0.25) is 0 Å². The second kappa shape index (κ2) is 6.93. The highest BCUT2D eigenvalue weighted by atomic mass is 32.2. The van der Waals surface area contributed by atoms with Gasteiger partial charge in [0.15, 0.2) is 0 Å². The third-order valence-corrected chi connectivity index (χ3v) is 4.49. The van der Waals surface area contributed by atoms with Crippen molar-refractivity contribution in [2.45, 2.75) is 13.0 Å². The number of alkyl halides is 2. The molecule has 0 aliphatic heterocycles. The third-order valence-electron chi connectivity index (χ3n) is 2.65. The highest BCUT2D eigenvalue weighted by Gasteiger charge is 2.12. The summed E-state index contributed by atoms with van der Waals surface area (Å²) in [5, 5.41) is 2.97. The molecule has 0 bridgehead atoms. The van der Waals surface area contributed by atoms with E-state index in [1.54, 1.807) is 12.1 Å². The lowest BCUT2D eigenvalue weighted by Gasteiger charge is -2.11. The first-order chi connectivity index (χ1) is 8.83. The van der Waals surface area contributed by atoms with Crippen molar-refractivity contribution in [1.29, 1.82) is 0 Å². The van der Waals surface area contributed by atoms with E-state index >= 15 is 0 Å². The fourth-order valence-electron chi connectivity index (χ4n) is 1.40. The molecular weight excluding hydrogens is 274 g/mol. The van der Waals surface area contributed by atoms with Crippen LogP contribution in [-0.2, 0) is 16.6 Å². The molecule has 0 atom stereocenters. The lowest BCUT2D eigenvalue weighted by molar-refractivity contribution is 0.151. The molecule has 1 N–H and O–H groups in total. The average molecular weight is 292 g/mol. The number of hydrogen-bond donors (Lipinski definition) is 1. The Morgan fingerprint density at radius 3 is 2.26 bits per heavy atom. The minimum absolute atomic E-state index is 0.00905. The SMILES string of the molecule is CN(C)S(=O)(=O)CCNCc1ccc(C(F)F)cc1. The molecule has 0 heterocycles. The summed E-state index contributed by atoms with van der Waals surface area (Å²) in [7, 11) is -0.230. The van der Waals surface area contributed by atoms with Crippen molar-refractivity contribution in [3.05, 3.63) is 35.4 Å². The van der Waals surface area contributed by atoms with Crippen LogP contribution in [0.15, 0.2) is 24.3 Å². The molecule has 1 aromatic carbocycles. The molecule has 0 unspecified atom stereocenters. The molecule has 0 spiro atoms. The molecule has 0 aliphatic carbocycles. The maximum absolute atomic E-state index is 12.3. The van der Waals surface area contributed by atoms with Gasteiger partial charge in [0.2, 0.25) is 10.0 Å². The molecule has 0 amide bonds. The number of hydrogen-bond acceptors (Lipinski definition) is 3. The van der Waals surface area contributed by atoms with Crippen LogP contribution in [0.3, 0.4) is 0 Å². The molecule has 1 aromatic rings. The van der Waals surface area contributed by atoms with Gasteiger partial charge in [0.1, 0.15) is 0 Å². The van der Waals surface area contributed by atoms with E-state index in [1.807, 2.05) is 0 Å². The predicted octanol–water partition coefficient (Wildman–Crippen LogP) is 1.61. The zero-order valence-corrected chi connectivity index (χ0v) is 11.8. The Morgan fingerprint density at radius 2 is 1.79 bits per heavy atom. The van der Waals surface area contributed by atoms with E-state index in [0.29, 0.717) is 13.1 Å². The van der Waals surface area contributed by atoms with Crippen molar-refractivity contribution in [1.82, 2.24) is 9.62 Å². The molecule has 0 fully saturated rings. The lowest BCUT2D eigenvalue weighted by Crippen LogP contribution is -2.30. The molecule has 0 aromatic heterocycles.